The van der Waals surface area contributed by atoms with Crippen molar-refractivity contribution in [2.75, 3.05) is 25.0 Å². The second kappa shape index (κ2) is 9.85. The number of methoxy groups -OCH3 is 1. The standard InChI is InChI=1S/C25H28N2O4S2/c1-18-15-19(2)26-24(16-18)27-33(28,29)23-9-7-21(8-10-23)32-22-6-4-5-20(17-22)25(30-3)11-13-31-14-12-25/h4-10,15-17H,11-14H2,1-3H3,(H,26,27). The van der Waals surface area contributed by atoms with Gasteiger partial charge in [-0.3, -0.25) is 4.72 Å². The number of aryl methyl sites for hydroxylation is 2. The molecule has 3 aromatic rings. The summed E-state index contributed by atoms with van der Waals surface area (Å²) in [5, 5.41) is 0. The number of nitrogens with zero attached hydrogens (tertiary/aromatic N) is 1. The van der Waals surface area contributed by atoms with E-state index in [0.29, 0.717) is 19.0 Å². The average molecular weight is 485 g/mol. The largest absolute Gasteiger partial charge is 0.381 e. The van der Waals surface area contributed by atoms with Crippen LogP contribution in [0.25, 0.3) is 0 Å². The fraction of sp³-hybridized carbons (Fsp3) is 0.320. The van der Waals surface area contributed by atoms with E-state index < -0.39 is 10.0 Å². The van der Waals surface area contributed by atoms with Gasteiger partial charge in [0.2, 0.25) is 0 Å². The Balaban J connectivity index is 1.50. The van der Waals surface area contributed by atoms with Crippen molar-refractivity contribution in [3.8, 4) is 0 Å². The molecule has 0 aliphatic carbocycles. The van der Waals surface area contributed by atoms with E-state index in [4.69, 9.17) is 9.47 Å². The number of pyridine rings is 1. The zero-order valence-electron chi connectivity index (χ0n) is 19.0. The quantitative estimate of drug-likeness (QED) is 0.490. The van der Waals surface area contributed by atoms with Gasteiger partial charge < -0.3 is 9.47 Å². The minimum Gasteiger partial charge on any atom is -0.381 e. The Morgan fingerprint density at radius 3 is 2.39 bits per heavy atom. The Morgan fingerprint density at radius 1 is 1.00 bits per heavy atom. The summed E-state index contributed by atoms with van der Waals surface area (Å²) in [4.78, 5) is 6.49. The van der Waals surface area contributed by atoms with Gasteiger partial charge in [0.05, 0.1) is 10.5 Å². The number of benzene rings is 2. The average Bonchev–Trinajstić information content (AvgIpc) is 2.79. The lowest BCUT2D eigenvalue weighted by Gasteiger charge is -2.36. The Labute approximate surface area is 199 Å². The maximum absolute atomic E-state index is 12.8. The maximum Gasteiger partial charge on any atom is 0.263 e. The zero-order chi connectivity index (χ0) is 23.5. The van der Waals surface area contributed by atoms with Gasteiger partial charge in [-0.05, 0) is 73.5 Å². The molecular weight excluding hydrogens is 456 g/mol. The predicted octanol–water partition coefficient (Wildman–Crippen LogP) is 5.30. The maximum atomic E-state index is 12.8. The highest BCUT2D eigenvalue weighted by Crippen LogP contribution is 2.38. The summed E-state index contributed by atoms with van der Waals surface area (Å²) in [6.07, 6.45) is 1.65. The number of hydrogen-bond donors (Lipinski definition) is 1. The summed E-state index contributed by atoms with van der Waals surface area (Å²) in [7, 11) is -1.96. The molecule has 1 aliphatic rings. The third kappa shape index (κ3) is 5.58. The van der Waals surface area contributed by atoms with Crippen molar-refractivity contribution in [1.29, 1.82) is 0 Å². The van der Waals surface area contributed by atoms with Crippen LogP contribution in [0.15, 0.2) is 75.4 Å². The number of sulfonamides is 1. The molecule has 1 aromatic heterocycles. The Kier molecular flexibility index (Phi) is 7.09. The van der Waals surface area contributed by atoms with Crippen LogP contribution in [-0.2, 0) is 25.1 Å². The third-order valence-corrected chi connectivity index (χ3v) is 8.13. The number of nitrogens with one attached hydrogen (secondary N) is 1. The van der Waals surface area contributed by atoms with Gasteiger partial charge in [-0.15, -0.1) is 0 Å². The Morgan fingerprint density at radius 2 is 1.73 bits per heavy atom. The molecule has 0 radical (unpaired) electrons. The molecule has 4 rings (SSSR count). The van der Waals surface area contributed by atoms with Gasteiger partial charge in [0.15, 0.2) is 0 Å². The summed E-state index contributed by atoms with van der Waals surface area (Å²) >= 11 is 1.59. The van der Waals surface area contributed by atoms with Gasteiger partial charge in [0.1, 0.15) is 5.82 Å². The first-order chi connectivity index (χ1) is 15.8. The summed E-state index contributed by atoms with van der Waals surface area (Å²) in [5.41, 5.74) is 2.53. The van der Waals surface area contributed by atoms with Gasteiger partial charge in [0, 0.05) is 48.7 Å². The number of anilines is 1. The molecule has 0 amide bonds. The number of hydrogen-bond acceptors (Lipinski definition) is 6. The highest BCUT2D eigenvalue weighted by atomic mass is 32.2. The van der Waals surface area contributed by atoms with Crippen LogP contribution in [0.1, 0.15) is 29.7 Å². The molecule has 1 N–H and O–H groups in total. The van der Waals surface area contributed by atoms with Crippen LogP contribution < -0.4 is 4.72 Å². The first kappa shape index (κ1) is 23.8. The summed E-state index contributed by atoms with van der Waals surface area (Å²) < 4.78 is 39.6. The lowest BCUT2D eigenvalue weighted by Crippen LogP contribution is -2.35. The number of rotatable bonds is 7. The van der Waals surface area contributed by atoms with E-state index in [2.05, 4.69) is 27.9 Å². The molecule has 6 nitrogen and oxygen atoms in total. The predicted molar refractivity (Wildman–Crippen MR) is 130 cm³/mol. The van der Waals surface area contributed by atoms with E-state index in [-0.39, 0.29) is 10.5 Å². The minimum atomic E-state index is -3.72. The van der Waals surface area contributed by atoms with Gasteiger partial charge >= 0.3 is 0 Å². The smallest absolute Gasteiger partial charge is 0.263 e. The van der Waals surface area contributed by atoms with Gasteiger partial charge in [-0.1, -0.05) is 23.9 Å². The highest BCUT2D eigenvalue weighted by Gasteiger charge is 2.34. The molecule has 174 valence electrons. The van der Waals surface area contributed by atoms with Crippen molar-refractivity contribution in [2.24, 2.45) is 0 Å². The van der Waals surface area contributed by atoms with Crippen molar-refractivity contribution < 1.29 is 17.9 Å². The molecule has 8 heteroatoms. The third-order valence-electron chi connectivity index (χ3n) is 5.76. The van der Waals surface area contributed by atoms with Gasteiger partial charge in [-0.2, -0.15) is 0 Å². The fourth-order valence-corrected chi connectivity index (χ4v) is 5.94. The Bertz CT molecular complexity index is 1200. The molecule has 0 saturated carbocycles. The molecule has 0 atom stereocenters. The summed E-state index contributed by atoms with van der Waals surface area (Å²) in [5.74, 6) is 0.322. The summed E-state index contributed by atoms with van der Waals surface area (Å²) in [6, 6.07) is 18.8. The van der Waals surface area contributed by atoms with Crippen molar-refractivity contribution in [3.05, 3.63) is 77.5 Å². The van der Waals surface area contributed by atoms with Gasteiger partial charge in [0.25, 0.3) is 10.0 Å². The number of ether oxygens (including phenoxy) is 2. The molecule has 0 spiro atoms. The first-order valence-electron chi connectivity index (χ1n) is 10.8. The summed E-state index contributed by atoms with van der Waals surface area (Å²) in [6.45, 7) is 5.12. The van der Waals surface area contributed by atoms with Crippen molar-refractivity contribution in [1.82, 2.24) is 4.98 Å². The van der Waals surface area contributed by atoms with Crippen LogP contribution >= 0.6 is 11.8 Å². The first-order valence-corrected chi connectivity index (χ1v) is 13.1. The van der Waals surface area contributed by atoms with Gasteiger partial charge in [-0.25, -0.2) is 13.4 Å². The molecular formula is C25H28N2O4S2. The van der Waals surface area contributed by atoms with Crippen LogP contribution in [0.4, 0.5) is 5.82 Å². The lowest BCUT2D eigenvalue weighted by molar-refractivity contribution is -0.0948. The van der Waals surface area contributed by atoms with Crippen LogP contribution in [0.2, 0.25) is 0 Å². The van der Waals surface area contributed by atoms with E-state index in [9.17, 15) is 8.42 Å². The van der Waals surface area contributed by atoms with E-state index in [1.807, 2.05) is 38.1 Å². The second-order valence-corrected chi connectivity index (χ2v) is 11.0. The molecule has 1 saturated heterocycles. The fourth-order valence-electron chi connectivity index (χ4n) is 4.07. The zero-order valence-corrected chi connectivity index (χ0v) is 20.6. The molecule has 1 aliphatic heterocycles. The molecule has 33 heavy (non-hydrogen) atoms. The lowest BCUT2D eigenvalue weighted by atomic mass is 9.86. The van der Waals surface area contributed by atoms with Crippen LogP contribution in [0.5, 0.6) is 0 Å². The normalized spacial score (nSPS) is 15.8. The van der Waals surface area contributed by atoms with Crippen molar-refractivity contribution in [2.45, 2.75) is 47.0 Å². The molecule has 0 unspecified atom stereocenters. The second-order valence-electron chi connectivity index (χ2n) is 8.19. The van der Waals surface area contributed by atoms with E-state index >= 15 is 0 Å². The molecule has 2 heterocycles. The van der Waals surface area contributed by atoms with Crippen molar-refractivity contribution >= 4 is 27.6 Å². The van der Waals surface area contributed by atoms with E-state index in [1.54, 1.807) is 37.1 Å². The minimum absolute atomic E-state index is 0.196. The van der Waals surface area contributed by atoms with E-state index in [1.165, 1.54) is 0 Å². The monoisotopic (exact) mass is 484 g/mol. The molecule has 2 aromatic carbocycles. The molecule has 1 fully saturated rings. The Hall–Kier alpha value is -2.39. The highest BCUT2D eigenvalue weighted by molar-refractivity contribution is 7.99. The van der Waals surface area contributed by atoms with Crippen LogP contribution in [-0.4, -0.2) is 33.7 Å². The van der Waals surface area contributed by atoms with E-state index in [0.717, 1.165) is 39.5 Å². The van der Waals surface area contributed by atoms with Crippen LogP contribution in [0.3, 0.4) is 0 Å². The SMILES string of the molecule is COC1(c2cccc(Sc3ccc(S(=O)(=O)Nc4cc(C)cc(C)n4)cc3)c2)CCOCC1. The topological polar surface area (TPSA) is 77.5 Å². The molecule has 0 bridgehead atoms. The van der Waals surface area contributed by atoms with Crippen molar-refractivity contribution in [3.63, 3.8) is 0 Å². The van der Waals surface area contributed by atoms with Crippen LogP contribution in [0, 0.1) is 13.8 Å². The number of aromatic nitrogens is 1.